The third-order valence-corrected chi connectivity index (χ3v) is 7.60. The molecule has 0 saturated carbocycles. The SMILES string of the molecule is CCCC[P+](CCCC)(CCCC)OCC(C)(C)C. The molecular weight excluding hydrogens is 251 g/mol. The van der Waals surface area contributed by atoms with Crippen molar-refractivity contribution in [3.63, 3.8) is 0 Å². The highest BCUT2D eigenvalue weighted by Gasteiger charge is 2.38. The number of hydrogen-bond acceptors (Lipinski definition) is 1. The summed E-state index contributed by atoms with van der Waals surface area (Å²) in [6, 6.07) is 0. The molecule has 0 aliphatic carbocycles. The molecule has 0 radical (unpaired) electrons. The van der Waals surface area contributed by atoms with Crippen LogP contribution >= 0.6 is 7.49 Å². The van der Waals surface area contributed by atoms with E-state index in [-0.39, 0.29) is 0 Å². The minimum absolute atomic E-state index is 0.301. The second kappa shape index (κ2) is 10.2. The van der Waals surface area contributed by atoms with E-state index in [2.05, 4.69) is 41.5 Å². The van der Waals surface area contributed by atoms with Crippen LogP contribution < -0.4 is 0 Å². The van der Waals surface area contributed by atoms with Gasteiger partial charge < -0.3 is 0 Å². The van der Waals surface area contributed by atoms with Crippen molar-refractivity contribution in [2.75, 3.05) is 25.1 Å². The van der Waals surface area contributed by atoms with Gasteiger partial charge in [0.05, 0.1) is 25.1 Å². The van der Waals surface area contributed by atoms with Crippen molar-refractivity contribution >= 4 is 7.49 Å². The van der Waals surface area contributed by atoms with Gasteiger partial charge >= 0.3 is 0 Å². The average Bonchev–Trinajstić information content (AvgIpc) is 2.36. The van der Waals surface area contributed by atoms with Gasteiger partial charge in [0, 0.05) is 0 Å². The molecule has 0 aliphatic heterocycles. The van der Waals surface area contributed by atoms with Crippen LogP contribution in [0.3, 0.4) is 0 Å². The van der Waals surface area contributed by atoms with E-state index in [4.69, 9.17) is 4.52 Å². The molecule has 0 aromatic rings. The summed E-state index contributed by atoms with van der Waals surface area (Å²) >= 11 is 0. The zero-order valence-corrected chi connectivity index (χ0v) is 15.3. The number of unbranched alkanes of at least 4 members (excludes halogenated alkanes) is 3. The summed E-state index contributed by atoms with van der Waals surface area (Å²) in [5, 5.41) is 0. The molecule has 0 heterocycles. The molecule has 2 heteroatoms. The van der Waals surface area contributed by atoms with Crippen LogP contribution in [0.2, 0.25) is 0 Å². The molecule has 0 atom stereocenters. The van der Waals surface area contributed by atoms with Crippen molar-refractivity contribution in [1.82, 2.24) is 0 Å². The number of hydrogen-bond donors (Lipinski definition) is 0. The van der Waals surface area contributed by atoms with Crippen molar-refractivity contribution in [1.29, 1.82) is 0 Å². The van der Waals surface area contributed by atoms with E-state index in [9.17, 15) is 0 Å². The second-order valence-electron chi connectivity index (χ2n) is 7.12. The van der Waals surface area contributed by atoms with Crippen LogP contribution in [0.4, 0.5) is 0 Å². The maximum atomic E-state index is 6.61. The van der Waals surface area contributed by atoms with Gasteiger partial charge in [-0.3, -0.25) is 0 Å². The second-order valence-corrected chi connectivity index (χ2v) is 10.8. The number of rotatable bonds is 11. The molecule has 0 bridgehead atoms. The lowest BCUT2D eigenvalue weighted by Crippen LogP contribution is -2.20. The van der Waals surface area contributed by atoms with Gasteiger partial charge in [-0.05, 0) is 24.7 Å². The maximum Gasteiger partial charge on any atom is 0.145 e. The van der Waals surface area contributed by atoms with Crippen molar-refractivity contribution in [2.45, 2.75) is 80.1 Å². The lowest BCUT2D eigenvalue weighted by molar-refractivity contribution is 0.208. The highest BCUT2D eigenvalue weighted by atomic mass is 31.2. The Balaban J connectivity index is 4.66. The van der Waals surface area contributed by atoms with Crippen molar-refractivity contribution in [3.8, 4) is 0 Å². The van der Waals surface area contributed by atoms with Gasteiger partial charge in [0.1, 0.15) is 7.49 Å². The molecule has 0 spiro atoms. The van der Waals surface area contributed by atoms with Crippen LogP contribution in [0.5, 0.6) is 0 Å². The Morgan fingerprint density at radius 2 is 1.11 bits per heavy atom. The van der Waals surface area contributed by atoms with Gasteiger partial charge in [-0.1, -0.05) is 60.8 Å². The summed E-state index contributed by atoms with van der Waals surface area (Å²) in [6.45, 7) is 14.7. The summed E-state index contributed by atoms with van der Waals surface area (Å²) in [7, 11) is -1.14. The van der Waals surface area contributed by atoms with Crippen molar-refractivity contribution in [3.05, 3.63) is 0 Å². The molecular formula is C17H38OP+. The molecule has 116 valence electrons. The Bertz CT molecular complexity index is 186. The van der Waals surface area contributed by atoms with Gasteiger partial charge in [0.2, 0.25) is 0 Å². The van der Waals surface area contributed by atoms with Gasteiger partial charge in [-0.15, -0.1) is 0 Å². The van der Waals surface area contributed by atoms with Gasteiger partial charge in [-0.25, -0.2) is 4.52 Å². The molecule has 1 nitrogen and oxygen atoms in total. The lowest BCUT2D eigenvalue weighted by atomic mass is 9.99. The zero-order valence-electron chi connectivity index (χ0n) is 14.4. The van der Waals surface area contributed by atoms with Gasteiger partial charge in [0.15, 0.2) is 0 Å². The smallest absolute Gasteiger partial charge is 0.145 e. The fourth-order valence-electron chi connectivity index (χ4n) is 2.20. The highest BCUT2D eigenvalue weighted by Crippen LogP contribution is 2.62. The lowest BCUT2D eigenvalue weighted by Gasteiger charge is -2.29. The third-order valence-electron chi connectivity index (χ3n) is 3.53. The Hall–Kier alpha value is 0.390. The Morgan fingerprint density at radius 3 is 1.37 bits per heavy atom. The Morgan fingerprint density at radius 1 is 0.737 bits per heavy atom. The van der Waals surface area contributed by atoms with E-state index >= 15 is 0 Å². The highest BCUT2D eigenvalue weighted by molar-refractivity contribution is 7.71. The van der Waals surface area contributed by atoms with Crippen molar-refractivity contribution < 1.29 is 4.52 Å². The minimum Gasteiger partial charge on any atom is -0.238 e. The van der Waals surface area contributed by atoms with E-state index in [1.165, 1.54) is 57.0 Å². The molecule has 19 heavy (non-hydrogen) atoms. The molecule has 0 rings (SSSR count). The molecule has 0 saturated heterocycles. The Kier molecular flexibility index (Phi) is 10.4. The first kappa shape index (κ1) is 19.4. The summed E-state index contributed by atoms with van der Waals surface area (Å²) < 4.78 is 6.61. The molecule has 0 aromatic carbocycles. The first-order valence-corrected chi connectivity index (χ1v) is 10.7. The quantitative estimate of drug-likeness (QED) is 0.401. The molecule has 0 amide bonds. The van der Waals surface area contributed by atoms with Gasteiger partial charge in [-0.2, -0.15) is 0 Å². The summed E-state index contributed by atoms with van der Waals surface area (Å²) in [5.74, 6) is 0. The van der Waals surface area contributed by atoms with Crippen LogP contribution in [0, 0.1) is 5.41 Å². The van der Waals surface area contributed by atoms with E-state index in [1.54, 1.807) is 0 Å². The predicted octanol–water partition coefficient (Wildman–Crippen LogP) is 6.38. The van der Waals surface area contributed by atoms with Gasteiger partial charge in [0.25, 0.3) is 0 Å². The minimum atomic E-state index is -1.14. The van der Waals surface area contributed by atoms with Crippen molar-refractivity contribution in [2.24, 2.45) is 5.41 Å². The summed E-state index contributed by atoms with van der Waals surface area (Å²) in [6.07, 6.45) is 12.1. The van der Waals surface area contributed by atoms with Crippen LogP contribution in [0.1, 0.15) is 80.1 Å². The average molecular weight is 289 g/mol. The molecule has 0 fully saturated rings. The standard InChI is InChI=1S/C17H38OP/c1-7-10-13-19(14-11-8-2,15-12-9-3)18-16-17(4,5)6/h7-16H2,1-6H3/q+1. The largest absolute Gasteiger partial charge is 0.238 e. The first-order valence-electron chi connectivity index (χ1n) is 8.39. The fourth-order valence-corrected chi connectivity index (χ4v) is 6.60. The Labute approximate surface area is 123 Å². The topological polar surface area (TPSA) is 9.23 Å². The molecule has 0 aromatic heterocycles. The first-order chi connectivity index (χ1) is 8.89. The summed E-state index contributed by atoms with van der Waals surface area (Å²) in [5.41, 5.74) is 0.301. The molecule has 0 unspecified atom stereocenters. The molecule has 0 N–H and O–H groups in total. The normalized spacial score (nSPS) is 12.9. The van der Waals surface area contributed by atoms with Crippen LogP contribution in [-0.4, -0.2) is 25.1 Å². The van der Waals surface area contributed by atoms with Crippen LogP contribution in [-0.2, 0) is 4.52 Å². The fraction of sp³-hybridized carbons (Fsp3) is 1.00. The van der Waals surface area contributed by atoms with E-state index in [1.807, 2.05) is 0 Å². The zero-order chi connectivity index (χ0) is 14.8. The van der Waals surface area contributed by atoms with E-state index in [0.717, 1.165) is 6.61 Å². The van der Waals surface area contributed by atoms with E-state index < -0.39 is 7.49 Å². The molecule has 0 aliphatic rings. The summed E-state index contributed by atoms with van der Waals surface area (Å²) in [4.78, 5) is 0. The van der Waals surface area contributed by atoms with E-state index in [0.29, 0.717) is 5.41 Å². The van der Waals surface area contributed by atoms with Crippen LogP contribution in [0.15, 0.2) is 0 Å². The predicted molar refractivity (Wildman–Crippen MR) is 91.7 cm³/mol. The third kappa shape index (κ3) is 9.85. The monoisotopic (exact) mass is 289 g/mol. The van der Waals surface area contributed by atoms with Crippen LogP contribution in [0.25, 0.3) is 0 Å². The maximum absolute atomic E-state index is 6.61.